The van der Waals surface area contributed by atoms with E-state index < -0.39 is 23.6 Å². The van der Waals surface area contributed by atoms with Gasteiger partial charge < -0.3 is 19.5 Å². The number of carbonyl (C=O) groups is 2. The second-order valence-corrected chi connectivity index (χ2v) is 8.05. The van der Waals surface area contributed by atoms with Crippen molar-refractivity contribution in [3.63, 3.8) is 0 Å². The van der Waals surface area contributed by atoms with Crippen molar-refractivity contribution in [3.8, 4) is 22.6 Å². The van der Waals surface area contributed by atoms with Gasteiger partial charge in [-0.2, -0.15) is 13.2 Å². The molecular formula is C24H26F3NO5. The molecule has 1 unspecified atom stereocenters. The maximum Gasteiger partial charge on any atom is 0.416 e. The zero-order chi connectivity index (χ0) is 24.3. The number of methoxy groups -OCH3 is 2. The molecule has 0 saturated heterocycles. The van der Waals surface area contributed by atoms with Gasteiger partial charge in [0.05, 0.1) is 25.7 Å². The Bertz CT molecular complexity index is 1030. The zero-order valence-corrected chi connectivity index (χ0v) is 18.7. The number of benzene rings is 2. The van der Waals surface area contributed by atoms with Crippen molar-refractivity contribution in [3.05, 3.63) is 47.0 Å². The molecule has 1 amide bonds. The highest BCUT2D eigenvalue weighted by Gasteiger charge is 2.34. The molecule has 3 rings (SSSR count). The lowest BCUT2D eigenvalue weighted by Crippen LogP contribution is -2.25. The third-order valence-electron chi connectivity index (χ3n) is 5.88. The van der Waals surface area contributed by atoms with Gasteiger partial charge in [-0.15, -0.1) is 0 Å². The maximum atomic E-state index is 13.1. The molecule has 9 heteroatoms. The van der Waals surface area contributed by atoms with Crippen LogP contribution < -0.4 is 9.47 Å². The molecule has 6 nitrogen and oxygen atoms in total. The van der Waals surface area contributed by atoms with Crippen molar-refractivity contribution in [2.45, 2.75) is 38.9 Å². The van der Waals surface area contributed by atoms with Crippen molar-refractivity contribution in [1.82, 2.24) is 4.90 Å². The predicted octanol–water partition coefficient (Wildman–Crippen LogP) is 5.24. The molecule has 178 valence electrons. The third-order valence-corrected chi connectivity index (χ3v) is 5.88. The first kappa shape index (κ1) is 24.4. The van der Waals surface area contributed by atoms with Crippen LogP contribution >= 0.6 is 0 Å². The number of fused-ring (bicyclic) bond motifs is 1. The Morgan fingerprint density at radius 1 is 1.15 bits per heavy atom. The quantitative estimate of drug-likeness (QED) is 0.513. The molecule has 0 spiro atoms. The Morgan fingerprint density at radius 2 is 1.82 bits per heavy atom. The van der Waals surface area contributed by atoms with Crippen LogP contribution in [-0.2, 0) is 17.5 Å². The number of ether oxygens (including phenoxy) is 2. The Kier molecular flexibility index (Phi) is 7.19. The van der Waals surface area contributed by atoms with E-state index in [1.165, 1.54) is 26.4 Å². The molecule has 1 aliphatic heterocycles. The second-order valence-electron chi connectivity index (χ2n) is 8.05. The highest BCUT2D eigenvalue weighted by Crippen LogP contribution is 2.46. The summed E-state index contributed by atoms with van der Waals surface area (Å²) in [6.07, 6.45) is -2.64. The summed E-state index contributed by atoms with van der Waals surface area (Å²) in [5, 5.41) is 9.00. The van der Waals surface area contributed by atoms with Gasteiger partial charge in [0.15, 0.2) is 11.5 Å². The molecule has 1 N–H and O–H groups in total. The number of halogens is 3. The summed E-state index contributed by atoms with van der Waals surface area (Å²) in [7, 11) is 2.87. The van der Waals surface area contributed by atoms with Crippen LogP contribution in [0.1, 0.15) is 47.7 Å². The van der Waals surface area contributed by atoms with Crippen LogP contribution in [-0.4, -0.2) is 42.6 Å². The van der Waals surface area contributed by atoms with Gasteiger partial charge in [0, 0.05) is 24.2 Å². The largest absolute Gasteiger partial charge is 0.493 e. The molecule has 0 aromatic heterocycles. The van der Waals surface area contributed by atoms with Gasteiger partial charge in [-0.05, 0) is 42.2 Å². The first-order valence-corrected chi connectivity index (χ1v) is 10.6. The number of carboxylic acids is 1. The van der Waals surface area contributed by atoms with E-state index in [9.17, 15) is 22.8 Å². The lowest BCUT2D eigenvalue weighted by molar-refractivity contribution is -0.141. The monoisotopic (exact) mass is 465 g/mol. The number of carbonyl (C=O) groups excluding carboxylic acids is 1. The smallest absolute Gasteiger partial charge is 0.416 e. The van der Waals surface area contributed by atoms with E-state index in [1.54, 1.807) is 17.9 Å². The van der Waals surface area contributed by atoms with Crippen LogP contribution in [0.5, 0.6) is 11.5 Å². The van der Waals surface area contributed by atoms with Gasteiger partial charge >= 0.3 is 12.1 Å². The number of nitrogens with zero attached hydrogens (tertiary/aromatic N) is 1. The normalized spacial score (nSPS) is 14.2. The second kappa shape index (κ2) is 9.72. The van der Waals surface area contributed by atoms with Crippen LogP contribution in [0.3, 0.4) is 0 Å². The van der Waals surface area contributed by atoms with E-state index in [4.69, 9.17) is 14.6 Å². The summed E-state index contributed by atoms with van der Waals surface area (Å²) in [6, 6.07) is 6.32. The minimum atomic E-state index is -4.45. The number of aliphatic carboxylic acids is 1. The summed E-state index contributed by atoms with van der Waals surface area (Å²) in [6.45, 7) is 2.37. The first-order valence-electron chi connectivity index (χ1n) is 10.6. The first-order chi connectivity index (χ1) is 15.6. The summed E-state index contributed by atoms with van der Waals surface area (Å²) < 4.78 is 50.0. The van der Waals surface area contributed by atoms with Crippen LogP contribution in [0.15, 0.2) is 30.3 Å². The van der Waals surface area contributed by atoms with Crippen LogP contribution in [0.4, 0.5) is 13.2 Å². The highest BCUT2D eigenvalue weighted by atomic mass is 19.4. The fraction of sp³-hybridized carbons (Fsp3) is 0.417. The molecule has 33 heavy (non-hydrogen) atoms. The van der Waals surface area contributed by atoms with E-state index in [0.29, 0.717) is 59.6 Å². The molecule has 1 aliphatic rings. The molecule has 0 radical (unpaired) electrons. The zero-order valence-electron chi connectivity index (χ0n) is 18.7. The average molecular weight is 465 g/mol. The predicted molar refractivity (Wildman–Crippen MR) is 115 cm³/mol. The van der Waals surface area contributed by atoms with Gasteiger partial charge in [-0.25, -0.2) is 0 Å². The molecular weight excluding hydrogens is 439 g/mol. The van der Waals surface area contributed by atoms with E-state index >= 15 is 0 Å². The minimum absolute atomic E-state index is 0.203. The molecule has 1 heterocycles. The third kappa shape index (κ3) is 5.07. The van der Waals surface area contributed by atoms with Gasteiger partial charge in [0.25, 0.3) is 5.91 Å². The van der Waals surface area contributed by atoms with Crippen LogP contribution in [0.2, 0.25) is 0 Å². The summed E-state index contributed by atoms with van der Waals surface area (Å²) >= 11 is 0. The Balaban J connectivity index is 1.91. The molecule has 0 bridgehead atoms. The topological polar surface area (TPSA) is 76.1 Å². The van der Waals surface area contributed by atoms with E-state index in [2.05, 4.69) is 0 Å². The Morgan fingerprint density at radius 3 is 2.36 bits per heavy atom. The number of amides is 1. The lowest BCUT2D eigenvalue weighted by Gasteiger charge is -2.18. The number of rotatable bonds is 9. The molecule has 0 fully saturated rings. The molecule has 2 aromatic rings. The lowest BCUT2D eigenvalue weighted by atomic mass is 9.94. The van der Waals surface area contributed by atoms with Crippen molar-refractivity contribution in [2.75, 3.05) is 20.8 Å². The number of unbranched alkanes of at least 4 members (excludes halogenated alkanes) is 1. The molecule has 1 atom stereocenters. The fourth-order valence-electron chi connectivity index (χ4n) is 4.01. The van der Waals surface area contributed by atoms with Crippen LogP contribution in [0.25, 0.3) is 11.1 Å². The van der Waals surface area contributed by atoms with E-state index in [0.717, 1.165) is 12.1 Å². The van der Waals surface area contributed by atoms with E-state index in [-0.39, 0.29) is 12.5 Å². The van der Waals surface area contributed by atoms with Crippen molar-refractivity contribution < 1.29 is 37.3 Å². The minimum Gasteiger partial charge on any atom is -0.493 e. The highest BCUT2D eigenvalue weighted by molar-refractivity contribution is 6.02. The number of alkyl halides is 3. The van der Waals surface area contributed by atoms with Crippen molar-refractivity contribution in [1.29, 1.82) is 0 Å². The fourth-order valence-corrected chi connectivity index (χ4v) is 4.01. The Hall–Kier alpha value is -3.23. The van der Waals surface area contributed by atoms with E-state index in [1.807, 2.05) is 0 Å². The van der Waals surface area contributed by atoms with Gasteiger partial charge in [0.1, 0.15) is 0 Å². The SMILES string of the molecule is COc1cc2c(c(-c3ccc(C(F)(F)F)cc3)c1OC)CN(CCCCC(C)C(=O)O)C2=O. The average Bonchev–Trinajstić information content (AvgIpc) is 3.09. The Labute approximate surface area is 189 Å². The molecule has 0 aliphatic carbocycles. The molecule has 2 aromatic carbocycles. The van der Waals surface area contributed by atoms with Crippen molar-refractivity contribution in [2.24, 2.45) is 5.92 Å². The summed E-state index contributed by atoms with van der Waals surface area (Å²) in [4.78, 5) is 25.7. The van der Waals surface area contributed by atoms with Gasteiger partial charge in [-0.1, -0.05) is 25.5 Å². The number of hydrogen-bond donors (Lipinski definition) is 1. The number of carboxylic acid groups (broad SMARTS) is 1. The summed E-state index contributed by atoms with van der Waals surface area (Å²) in [5.74, 6) is -0.834. The van der Waals surface area contributed by atoms with Crippen LogP contribution in [0, 0.1) is 5.92 Å². The van der Waals surface area contributed by atoms with Gasteiger partial charge in [-0.3, -0.25) is 9.59 Å². The summed E-state index contributed by atoms with van der Waals surface area (Å²) in [5.41, 5.74) is 1.33. The maximum absolute atomic E-state index is 13.1. The van der Waals surface area contributed by atoms with Crippen molar-refractivity contribution >= 4 is 11.9 Å². The molecule has 0 saturated carbocycles. The van der Waals surface area contributed by atoms with Gasteiger partial charge in [0.2, 0.25) is 0 Å². The standard InChI is InChI=1S/C24H26F3NO5/c1-14(23(30)31)6-4-5-11-28-13-18-17(22(28)29)12-19(32-2)21(33-3)20(18)15-7-9-16(10-8-15)24(25,26)27/h7-10,12,14H,4-6,11,13H2,1-3H3,(H,30,31). The number of hydrogen-bond acceptors (Lipinski definition) is 4.